The van der Waals surface area contributed by atoms with Crippen molar-refractivity contribution in [2.75, 3.05) is 39.3 Å². The first-order valence-corrected chi connectivity index (χ1v) is 23.7. The van der Waals surface area contributed by atoms with Crippen LogP contribution in [0.3, 0.4) is 0 Å². The van der Waals surface area contributed by atoms with E-state index in [1.807, 2.05) is 39.0 Å². The van der Waals surface area contributed by atoms with Crippen LogP contribution in [0.4, 0.5) is 0 Å². The molecule has 3 saturated heterocycles. The van der Waals surface area contributed by atoms with Crippen LogP contribution < -0.4 is 16.4 Å². The van der Waals surface area contributed by atoms with E-state index in [-0.39, 0.29) is 16.6 Å². The van der Waals surface area contributed by atoms with Gasteiger partial charge in [-0.3, -0.25) is 24.5 Å². The number of likely N-dealkylation sites (tertiary alicyclic amines) is 3. The van der Waals surface area contributed by atoms with Gasteiger partial charge in [0.15, 0.2) is 0 Å². The van der Waals surface area contributed by atoms with Crippen molar-refractivity contribution in [3.05, 3.63) is 108 Å². The molecule has 0 bridgehead atoms. The number of Topliss-reactive ketones (excluding diaryl/α,β-unsaturated/α-hetero) is 1. The van der Waals surface area contributed by atoms with Gasteiger partial charge in [0.25, 0.3) is 0 Å². The van der Waals surface area contributed by atoms with Crippen molar-refractivity contribution in [2.24, 2.45) is 10.7 Å². The molecule has 0 spiro atoms. The third-order valence-electron chi connectivity index (χ3n) is 10.4. The van der Waals surface area contributed by atoms with Gasteiger partial charge < -0.3 is 16.4 Å². The van der Waals surface area contributed by atoms with Crippen molar-refractivity contribution in [2.45, 2.75) is 182 Å². The van der Waals surface area contributed by atoms with Crippen molar-refractivity contribution in [3.8, 4) is 0 Å². The molecule has 4 fully saturated rings. The van der Waals surface area contributed by atoms with Gasteiger partial charge >= 0.3 is 0 Å². The van der Waals surface area contributed by atoms with Crippen LogP contribution >= 0.6 is 0 Å². The summed E-state index contributed by atoms with van der Waals surface area (Å²) in [6, 6.07) is 33.2. The molecule has 4 aliphatic rings. The molecule has 1 saturated carbocycles. The maximum atomic E-state index is 11.0. The second kappa shape index (κ2) is 25.9. The second-order valence-electron chi connectivity index (χ2n) is 22.1. The molecule has 0 radical (unpaired) electrons. The number of nitrogens with one attached hydrogen (secondary N) is 2. The van der Waals surface area contributed by atoms with Crippen LogP contribution in [0.5, 0.6) is 0 Å². The van der Waals surface area contributed by atoms with Gasteiger partial charge in [0.1, 0.15) is 5.78 Å². The highest BCUT2D eigenvalue weighted by Crippen LogP contribution is 2.20. The van der Waals surface area contributed by atoms with Crippen molar-refractivity contribution >= 4 is 11.5 Å². The number of carbonyl (C=O) groups is 1. The number of rotatable bonds is 8. The van der Waals surface area contributed by atoms with E-state index >= 15 is 0 Å². The van der Waals surface area contributed by atoms with Crippen LogP contribution in [-0.2, 0) is 24.4 Å². The summed E-state index contributed by atoms with van der Waals surface area (Å²) in [6.07, 6.45) is 8.75. The Morgan fingerprint density at radius 1 is 0.548 bits per heavy atom. The van der Waals surface area contributed by atoms with E-state index in [0.29, 0.717) is 23.9 Å². The first kappa shape index (κ1) is 53.1. The van der Waals surface area contributed by atoms with Crippen molar-refractivity contribution in [3.63, 3.8) is 0 Å². The number of nitrogens with two attached hydrogens (primary N) is 1. The van der Waals surface area contributed by atoms with Gasteiger partial charge in [-0.15, -0.1) is 0 Å². The van der Waals surface area contributed by atoms with E-state index in [4.69, 9.17) is 10.7 Å². The lowest BCUT2D eigenvalue weighted by Crippen LogP contribution is -2.44. The Balaban J connectivity index is 0.000000216. The highest BCUT2D eigenvalue weighted by atomic mass is 16.1. The monoisotopic (exact) mass is 852 g/mol. The number of carbonyl (C=O) groups excluding carboxylic acids is 1. The van der Waals surface area contributed by atoms with Gasteiger partial charge in [-0.2, -0.15) is 0 Å². The topological polar surface area (TPSA) is 89.2 Å². The lowest BCUT2D eigenvalue weighted by atomic mass is 10.1. The number of hydrogen-bond acceptors (Lipinski definition) is 8. The van der Waals surface area contributed by atoms with Crippen LogP contribution in [0.25, 0.3) is 0 Å². The molecule has 0 amide bonds. The molecule has 8 heteroatoms. The van der Waals surface area contributed by atoms with Crippen LogP contribution in [0, 0.1) is 0 Å². The molecule has 0 aromatic heterocycles. The zero-order valence-electron chi connectivity index (χ0n) is 41.4. The van der Waals surface area contributed by atoms with Gasteiger partial charge in [0.2, 0.25) is 0 Å². The Labute approximate surface area is 379 Å². The quantitative estimate of drug-likeness (QED) is 0.208. The van der Waals surface area contributed by atoms with Crippen molar-refractivity contribution in [1.82, 2.24) is 25.3 Å². The largest absolute Gasteiger partial charge is 0.326 e. The number of benzene rings is 3. The van der Waals surface area contributed by atoms with E-state index in [0.717, 1.165) is 58.2 Å². The van der Waals surface area contributed by atoms with Crippen molar-refractivity contribution in [1.29, 1.82) is 0 Å². The fourth-order valence-electron chi connectivity index (χ4n) is 8.14. The Hall–Kier alpha value is -3.24. The molecule has 3 aromatic carbocycles. The third kappa shape index (κ3) is 26.4. The zero-order valence-corrected chi connectivity index (χ0v) is 41.4. The summed E-state index contributed by atoms with van der Waals surface area (Å²) in [4.78, 5) is 23.0. The SMILES string of the molecule is CC(C)(C)N.CC(C)(C)N=C1CCN(Cc2ccccc2)C1.CC(C)(C)NC1CCCC1.CC(C)(C)NC1CCN(Cc2ccccc2)C1.O=C1CCN(Cc2ccccc2)C1. The summed E-state index contributed by atoms with van der Waals surface area (Å²) in [6.45, 7) is 35.0. The Kier molecular flexibility index (Phi) is 22.2. The average molecular weight is 852 g/mol. The van der Waals surface area contributed by atoms with E-state index < -0.39 is 0 Å². The molecule has 3 heterocycles. The number of aliphatic imine (C=N–C) groups is 1. The van der Waals surface area contributed by atoms with E-state index in [1.54, 1.807) is 0 Å². The molecule has 3 aliphatic heterocycles. The summed E-state index contributed by atoms with van der Waals surface area (Å²) in [5, 5.41) is 7.31. The predicted octanol–water partition coefficient (Wildman–Crippen LogP) is 10.3. The molecule has 62 heavy (non-hydrogen) atoms. The number of ketones is 1. The van der Waals surface area contributed by atoms with E-state index in [2.05, 4.69) is 160 Å². The summed E-state index contributed by atoms with van der Waals surface area (Å²) in [7, 11) is 0. The lowest BCUT2D eigenvalue weighted by molar-refractivity contribution is -0.116. The molecule has 1 unspecified atom stereocenters. The summed E-state index contributed by atoms with van der Waals surface area (Å²) < 4.78 is 0. The fourth-order valence-corrected chi connectivity index (χ4v) is 8.14. The average Bonchev–Trinajstić information content (AvgIpc) is 3.99. The van der Waals surface area contributed by atoms with Crippen molar-refractivity contribution < 1.29 is 4.79 Å². The molecular formula is C54H89N7O. The van der Waals surface area contributed by atoms with Gasteiger partial charge in [0, 0.05) is 93.2 Å². The summed E-state index contributed by atoms with van der Waals surface area (Å²) in [5.41, 5.74) is 11.4. The van der Waals surface area contributed by atoms with Crippen LogP contribution in [0.15, 0.2) is 96.0 Å². The molecule has 3 aromatic rings. The molecule has 346 valence electrons. The second-order valence-corrected chi connectivity index (χ2v) is 22.1. The minimum absolute atomic E-state index is 0. The maximum Gasteiger partial charge on any atom is 0.148 e. The van der Waals surface area contributed by atoms with E-state index in [1.165, 1.54) is 67.6 Å². The molecule has 8 nitrogen and oxygen atoms in total. The lowest BCUT2D eigenvalue weighted by Gasteiger charge is -2.26. The molecule has 7 rings (SSSR count). The van der Waals surface area contributed by atoms with Gasteiger partial charge in [-0.25, -0.2) is 0 Å². The van der Waals surface area contributed by atoms with Gasteiger partial charge in [-0.05, 0) is 125 Å². The Morgan fingerprint density at radius 3 is 1.35 bits per heavy atom. The minimum Gasteiger partial charge on any atom is -0.326 e. The zero-order chi connectivity index (χ0) is 45.8. The first-order valence-electron chi connectivity index (χ1n) is 23.7. The first-order chi connectivity index (χ1) is 29.0. The Bertz CT molecular complexity index is 1670. The Morgan fingerprint density at radius 2 is 0.952 bits per heavy atom. The fraction of sp³-hybridized carbons (Fsp3) is 0.630. The normalized spacial score (nSPS) is 19.8. The van der Waals surface area contributed by atoms with Crippen LogP contribution in [0.1, 0.15) is 145 Å². The van der Waals surface area contributed by atoms with Gasteiger partial charge in [0.05, 0.1) is 12.1 Å². The summed E-state index contributed by atoms with van der Waals surface area (Å²) >= 11 is 0. The minimum atomic E-state index is 0. The highest BCUT2D eigenvalue weighted by molar-refractivity contribution is 5.88. The number of nitrogens with zero attached hydrogens (tertiary/aromatic N) is 4. The molecule has 1 atom stereocenters. The standard InChI is InChI=1S/C15H24N2.C15H22N2.C11H13NO.C9H19N.C4H11N/c2*1-15(2,3)16-14-9-10-17(12-14)11-13-7-5-4-6-8-13;13-11-6-7-12(9-11)8-10-4-2-1-3-5-10;1-9(2,3)10-8-6-4-5-7-8;1-4(2,3)5/h4-8,14,16H,9-12H2,1-3H3;4-8H,9-12H2,1-3H3;1-5H,6-9H2;8,10H,4-7H2,1-3H3;5H2,1-3H3. The predicted molar refractivity (Wildman–Crippen MR) is 267 cm³/mol. The smallest absolute Gasteiger partial charge is 0.148 e. The third-order valence-corrected chi connectivity index (χ3v) is 10.4. The highest BCUT2D eigenvalue weighted by Gasteiger charge is 2.26. The molecule has 1 aliphatic carbocycles. The summed E-state index contributed by atoms with van der Waals surface area (Å²) in [5.74, 6) is 0.371. The van der Waals surface area contributed by atoms with E-state index in [9.17, 15) is 4.79 Å². The maximum absolute atomic E-state index is 11.0. The number of hydrogen-bond donors (Lipinski definition) is 3. The van der Waals surface area contributed by atoms with Crippen LogP contribution in [0.2, 0.25) is 0 Å². The molecular weight excluding hydrogens is 763 g/mol. The van der Waals surface area contributed by atoms with Gasteiger partial charge in [-0.1, -0.05) is 104 Å². The van der Waals surface area contributed by atoms with Crippen LogP contribution in [-0.4, -0.2) is 99.7 Å². The molecule has 4 N–H and O–H groups in total.